The molecule has 0 aliphatic rings. The lowest BCUT2D eigenvalue weighted by Crippen LogP contribution is -2.06. The summed E-state index contributed by atoms with van der Waals surface area (Å²) in [4.78, 5) is 0. The molecular weight excluding hydrogens is 169 g/mol. The molecule has 1 aromatic rings. The van der Waals surface area contributed by atoms with Gasteiger partial charge >= 0.3 is 0 Å². The van der Waals surface area contributed by atoms with Crippen LogP contribution in [-0.4, -0.2) is 6.10 Å². The summed E-state index contributed by atoms with van der Waals surface area (Å²) in [6, 6.07) is 6.01. The summed E-state index contributed by atoms with van der Waals surface area (Å²) in [7, 11) is 0. The van der Waals surface area contributed by atoms with E-state index in [1.54, 1.807) is 0 Å². The predicted molar refractivity (Wildman–Crippen MR) is 46.9 cm³/mol. The smallest absolute Gasteiger partial charge is 0.166 e. The fourth-order valence-electron chi connectivity index (χ4n) is 0.920. The van der Waals surface area contributed by atoms with E-state index in [2.05, 4.69) is 0 Å². The van der Waals surface area contributed by atoms with Gasteiger partial charge < -0.3 is 4.74 Å². The number of nitrogens with zero attached hydrogens (tertiary/aromatic N) is 1. The third kappa shape index (κ3) is 2.45. The van der Waals surface area contributed by atoms with Crippen molar-refractivity contribution >= 4 is 0 Å². The lowest BCUT2D eigenvalue weighted by atomic mass is 10.2. The van der Waals surface area contributed by atoms with Crippen LogP contribution in [0, 0.1) is 17.1 Å². The number of rotatable bonds is 2. The summed E-state index contributed by atoms with van der Waals surface area (Å²) in [6.07, 6.45) is -0.0672. The fraction of sp³-hybridized carbons (Fsp3) is 0.300. The van der Waals surface area contributed by atoms with E-state index in [-0.39, 0.29) is 11.9 Å². The molecule has 0 aliphatic heterocycles. The first-order valence-corrected chi connectivity index (χ1v) is 4.00. The van der Waals surface area contributed by atoms with Crippen molar-refractivity contribution in [1.29, 1.82) is 5.26 Å². The van der Waals surface area contributed by atoms with Crippen LogP contribution >= 0.6 is 0 Å². The summed E-state index contributed by atoms with van der Waals surface area (Å²) in [5.74, 6) is -0.304. The molecule has 0 unspecified atom stereocenters. The quantitative estimate of drug-likeness (QED) is 0.698. The Labute approximate surface area is 76.6 Å². The zero-order valence-corrected chi connectivity index (χ0v) is 7.54. The zero-order chi connectivity index (χ0) is 9.84. The van der Waals surface area contributed by atoms with Crippen molar-refractivity contribution in [3.63, 3.8) is 0 Å². The minimum Gasteiger partial charge on any atom is -0.488 e. The maximum atomic E-state index is 13.1. The summed E-state index contributed by atoms with van der Waals surface area (Å²) in [5.41, 5.74) is 0.300. The first-order chi connectivity index (χ1) is 6.13. The molecule has 0 aromatic heterocycles. The molecule has 0 radical (unpaired) electrons. The van der Waals surface area contributed by atoms with Crippen molar-refractivity contribution in [3.05, 3.63) is 29.6 Å². The number of halogens is 1. The van der Waals surface area contributed by atoms with Gasteiger partial charge in [0, 0.05) is 0 Å². The Morgan fingerprint density at radius 1 is 1.46 bits per heavy atom. The highest BCUT2D eigenvalue weighted by Gasteiger charge is 2.05. The van der Waals surface area contributed by atoms with E-state index in [9.17, 15) is 4.39 Å². The van der Waals surface area contributed by atoms with Crippen LogP contribution in [0.2, 0.25) is 0 Å². The highest BCUT2D eigenvalue weighted by Crippen LogP contribution is 2.18. The van der Waals surface area contributed by atoms with Crippen LogP contribution in [0.5, 0.6) is 5.75 Å². The van der Waals surface area contributed by atoms with E-state index in [4.69, 9.17) is 10.00 Å². The number of benzene rings is 1. The van der Waals surface area contributed by atoms with Gasteiger partial charge in [-0.1, -0.05) is 0 Å². The summed E-state index contributed by atoms with van der Waals surface area (Å²) < 4.78 is 18.3. The molecule has 0 spiro atoms. The van der Waals surface area contributed by atoms with E-state index in [0.29, 0.717) is 5.56 Å². The monoisotopic (exact) mass is 179 g/mol. The van der Waals surface area contributed by atoms with E-state index in [1.165, 1.54) is 12.1 Å². The molecule has 1 aromatic carbocycles. The normalized spacial score (nSPS) is 9.77. The second kappa shape index (κ2) is 3.90. The Morgan fingerprint density at radius 3 is 2.62 bits per heavy atom. The lowest BCUT2D eigenvalue weighted by Gasteiger charge is -2.09. The molecule has 0 saturated heterocycles. The van der Waals surface area contributed by atoms with Crippen LogP contribution in [0.25, 0.3) is 0 Å². The zero-order valence-electron chi connectivity index (χ0n) is 7.54. The van der Waals surface area contributed by atoms with Gasteiger partial charge in [-0.05, 0) is 32.0 Å². The van der Waals surface area contributed by atoms with Crippen molar-refractivity contribution in [2.24, 2.45) is 0 Å². The second-order valence-corrected chi connectivity index (χ2v) is 2.92. The maximum Gasteiger partial charge on any atom is 0.166 e. The van der Waals surface area contributed by atoms with Gasteiger partial charge in [0.25, 0.3) is 0 Å². The summed E-state index contributed by atoms with van der Waals surface area (Å²) >= 11 is 0. The molecule has 0 amide bonds. The Kier molecular flexibility index (Phi) is 2.86. The molecule has 68 valence electrons. The van der Waals surface area contributed by atoms with E-state index >= 15 is 0 Å². The molecule has 0 saturated carbocycles. The molecular formula is C10H10FNO. The highest BCUT2D eigenvalue weighted by molar-refractivity contribution is 5.36. The fourth-order valence-corrected chi connectivity index (χ4v) is 0.920. The van der Waals surface area contributed by atoms with Crippen LogP contribution in [0.1, 0.15) is 19.4 Å². The van der Waals surface area contributed by atoms with Crippen molar-refractivity contribution in [3.8, 4) is 11.8 Å². The molecule has 0 aliphatic carbocycles. The SMILES string of the molecule is CC(C)Oc1ccc(C#N)cc1F. The van der Waals surface area contributed by atoms with Gasteiger partial charge in [-0.25, -0.2) is 4.39 Å². The van der Waals surface area contributed by atoms with Gasteiger partial charge in [-0.2, -0.15) is 5.26 Å². The van der Waals surface area contributed by atoms with Crippen LogP contribution in [-0.2, 0) is 0 Å². The molecule has 0 fully saturated rings. The lowest BCUT2D eigenvalue weighted by molar-refractivity contribution is 0.231. The minimum absolute atomic E-state index is 0.0672. The highest BCUT2D eigenvalue weighted by atomic mass is 19.1. The summed E-state index contributed by atoms with van der Waals surface area (Å²) in [6.45, 7) is 3.63. The second-order valence-electron chi connectivity index (χ2n) is 2.92. The topological polar surface area (TPSA) is 33.0 Å². The van der Waals surface area contributed by atoms with E-state index < -0.39 is 5.82 Å². The molecule has 0 atom stereocenters. The molecule has 0 bridgehead atoms. The number of ether oxygens (including phenoxy) is 1. The standard InChI is InChI=1S/C10H10FNO/c1-7(2)13-10-4-3-8(6-12)5-9(10)11/h3-5,7H,1-2H3. The van der Waals surface area contributed by atoms with Gasteiger partial charge in [-0.3, -0.25) is 0 Å². The van der Waals surface area contributed by atoms with Crippen LogP contribution in [0.4, 0.5) is 4.39 Å². The molecule has 13 heavy (non-hydrogen) atoms. The number of hydrogen-bond acceptors (Lipinski definition) is 2. The Hall–Kier alpha value is -1.56. The average molecular weight is 179 g/mol. The van der Waals surface area contributed by atoms with Crippen LogP contribution < -0.4 is 4.74 Å². The van der Waals surface area contributed by atoms with Gasteiger partial charge in [0.05, 0.1) is 17.7 Å². The molecule has 2 nitrogen and oxygen atoms in total. The van der Waals surface area contributed by atoms with Gasteiger partial charge in [-0.15, -0.1) is 0 Å². The molecule has 0 heterocycles. The predicted octanol–water partition coefficient (Wildman–Crippen LogP) is 2.48. The van der Waals surface area contributed by atoms with Crippen LogP contribution in [0.15, 0.2) is 18.2 Å². The first kappa shape index (κ1) is 9.53. The summed E-state index contributed by atoms with van der Waals surface area (Å²) in [5, 5.41) is 8.48. The number of nitriles is 1. The van der Waals surface area contributed by atoms with Gasteiger partial charge in [0.15, 0.2) is 11.6 Å². The van der Waals surface area contributed by atoms with E-state index in [1.807, 2.05) is 19.9 Å². The largest absolute Gasteiger partial charge is 0.488 e. The van der Waals surface area contributed by atoms with Gasteiger partial charge in [0.1, 0.15) is 0 Å². The molecule has 3 heteroatoms. The Bertz CT molecular complexity index is 341. The first-order valence-electron chi connectivity index (χ1n) is 4.00. The van der Waals surface area contributed by atoms with Crippen LogP contribution in [0.3, 0.4) is 0 Å². The van der Waals surface area contributed by atoms with Crippen molar-refractivity contribution < 1.29 is 9.13 Å². The number of hydrogen-bond donors (Lipinski definition) is 0. The minimum atomic E-state index is -0.493. The van der Waals surface area contributed by atoms with Gasteiger partial charge in [0.2, 0.25) is 0 Å². The Balaban J connectivity index is 2.93. The maximum absolute atomic E-state index is 13.1. The third-order valence-corrected chi connectivity index (χ3v) is 1.42. The molecule has 1 rings (SSSR count). The van der Waals surface area contributed by atoms with Crippen molar-refractivity contribution in [2.45, 2.75) is 20.0 Å². The molecule has 0 N–H and O–H groups in total. The van der Waals surface area contributed by atoms with Crippen molar-refractivity contribution in [2.75, 3.05) is 0 Å². The average Bonchev–Trinajstić information content (AvgIpc) is 2.08. The van der Waals surface area contributed by atoms with Crippen molar-refractivity contribution in [1.82, 2.24) is 0 Å². The Morgan fingerprint density at radius 2 is 2.15 bits per heavy atom. The van der Waals surface area contributed by atoms with E-state index in [0.717, 1.165) is 6.07 Å². The third-order valence-electron chi connectivity index (χ3n) is 1.42.